The summed E-state index contributed by atoms with van der Waals surface area (Å²) in [4.78, 5) is 20.2. The first-order valence-corrected chi connectivity index (χ1v) is 4.61. The van der Waals surface area contributed by atoms with Crippen LogP contribution in [0.5, 0.6) is 0 Å². The molecule has 0 bridgehead atoms. The predicted octanol–water partition coefficient (Wildman–Crippen LogP) is -0.0288. The molecule has 15 heavy (non-hydrogen) atoms. The average molecular weight is 209 g/mol. The van der Waals surface area contributed by atoms with Gasteiger partial charge in [-0.2, -0.15) is 0 Å². The summed E-state index contributed by atoms with van der Waals surface area (Å²) in [5, 5.41) is 1.13. The van der Waals surface area contributed by atoms with E-state index in [9.17, 15) is 4.79 Å². The molecule has 1 rings (SSSR count). The van der Waals surface area contributed by atoms with Crippen LogP contribution in [0.25, 0.3) is 0 Å². The van der Waals surface area contributed by atoms with Crippen molar-refractivity contribution in [1.29, 1.82) is 0 Å². The van der Waals surface area contributed by atoms with E-state index in [2.05, 4.69) is 4.98 Å². The molecule has 1 unspecified atom stereocenters. The van der Waals surface area contributed by atoms with E-state index >= 15 is 0 Å². The lowest BCUT2D eigenvalue weighted by Crippen LogP contribution is -2.42. The number of nitrogens with zero attached hydrogens (tertiary/aromatic N) is 2. The number of pyridine rings is 1. The monoisotopic (exact) mass is 209 g/mol. The minimum Gasteiger partial charge on any atom is -0.320 e. The van der Waals surface area contributed by atoms with Crippen LogP contribution in [0.15, 0.2) is 24.5 Å². The third-order valence-electron chi connectivity index (χ3n) is 2.08. The second-order valence-electron chi connectivity index (χ2n) is 3.19. The molecule has 5 nitrogen and oxygen atoms in total. The number of carbonyl (C=O) groups is 1. The van der Waals surface area contributed by atoms with Crippen molar-refractivity contribution in [3.63, 3.8) is 0 Å². The van der Waals surface area contributed by atoms with Crippen molar-refractivity contribution in [3.05, 3.63) is 30.1 Å². The molecule has 1 heterocycles. The molecule has 1 aromatic rings. The highest BCUT2D eigenvalue weighted by molar-refractivity contribution is 5.80. The van der Waals surface area contributed by atoms with Gasteiger partial charge in [0.1, 0.15) is 0 Å². The van der Waals surface area contributed by atoms with Gasteiger partial charge in [0.05, 0.1) is 13.2 Å². The molecular formula is C10H15N3O2. The number of nitrogens with two attached hydrogens (primary N) is 1. The van der Waals surface area contributed by atoms with Gasteiger partial charge < -0.3 is 5.73 Å². The van der Waals surface area contributed by atoms with E-state index in [0.29, 0.717) is 6.42 Å². The Morgan fingerprint density at radius 3 is 3.00 bits per heavy atom. The van der Waals surface area contributed by atoms with Crippen molar-refractivity contribution < 1.29 is 9.63 Å². The maximum absolute atomic E-state index is 11.5. The molecular weight excluding hydrogens is 194 g/mol. The fourth-order valence-corrected chi connectivity index (χ4v) is 1.18. The second-order valence-corrected chi connectivity index (χ2v) is 3.19. The van der Waals surface area contributed by atoms with E-state index in [1.54, 1.807) is 12.4 Å². The predicted molar refractivity (Wildman–Crippen MR) is 55.7 cm³/mol. The lowest BCUT2D eigenvalue weighted by atomic mass is 10.1. The summed E-state index contributed by atoms with van der Waals surface area (Å²) in [5.74, 6) is -0.249. The van der Waals surface area contributed by atoms with Crippen molar-refractivity contribution in [3.8, 4) is 0 Å². The summed E-state index contributed by atoms with van der Waals surface area (Å²) in [7, 11) is 2.96. The fraction of sp³-hybridized carbons (Fsp3) is 0.400. The first-order chi connectivity index (χ1) is 7.15. The van der Waals surface area contributed by atoms with Crippen molar-refractivity contribution in [2.45, 2.75) is 12.5 Å². The number of aromatic nitrogens is 1. The van der Waals surface area contributed by atoms with Gasteiger partial charge in [-0.05, 0) is 18.1 Å². The smallest absolute Gasteiger partial charge is 0.263 e. The van der Waals surface area contributed by atoms with Crippen molar-refractivity contribution >= 4 is 5.91 Å². The zero-order valence-corrected chi connectivity index (χ0v) is 8.88. The van der Waals surface area contributed by atoms with Crippen LogP contribution in [0, 0.1) is 0 Å². The first kappa shape index (κ1) is 11.6. The molecule has 1 aromatic heterocycles. The van der Waals surface area contributed by atoms with Gasteiger partial charge in [0.15, 0.2) is 0 Å². The second kappa shape index (κ2) is 5.43. The van der Waals surface area contributed by atoms with E-state index in [4.69, 9.17) is 10.6 Å². The topological polar surface area (TPSA) is 68.5 Å². The van der Waals surface area contributed by atoms with E-state index in [1.165, 1.54) is 14.2 Å². The van der Waals surface area contributed by atoms with Gasteiger partial charge >= 0.3 is 0 Å². The third-order valence-corrected chi connectivity index (χ3v) is 2.08. The molecule has 5 heteroatoms. The summed E-state index contributed by atoms with van der Waals surface area (Å²) in [6, 6.07) is 3.10. The van der Waals surface area contributed by atoms with Gasteiger partial charge in [0.25, 0.3) is 5.91 Å². The molecule has 0 aliphatic heterocycles. The van der Waals surface area contributed by atoms with Crippen LogP contribution >= 0.6 is 0 Å². The number of amides is 1. The summed E-state index contributed by atoms with van der Waals surface area (Å²) in [6.45, 7) is 0. The van der Waals surface area contributed by atoms with Crippen LogP contribution in [-0.2, 0) is 16.1 Å². The zero-order valence-electron chi connectivity index (χ0n) is 8.88. The van der Waals surface area contributed by atoms with Gasteiger partial charge in [-0.15, -0.1) is 0 Å². The standard InChI is InChI=1S/C10H15N3O2/c1-13(15-2)10(14)9(11)6-8-4-3-5-12-7-8/h3-5,7,9H,6,11H2,1-2H3. The lowest BCUT2D eigenvalue weighted by Gasteiger charge is -2.18. The van der Waals surface area contributed by atoms with Crippen molar-refractivity contribution in [2.75, 3.05) is 14.2 Å². The van der Waals surface area contributed by atoms with Gasteiger partial charge in [-0.1, -0.05) is 6.07 Å². The minimum absolute atomic E-state index is 0.249. The Hall–Kier alpha value is -1.46. The van der Waals surface area contributed by atoms with E-state index in [1.807, 2.05) is 12.1 Å². The van der Waals surface area contributed by atoms with Crippen LogP contribution in [0.1, 0.15) is 5.56 Å². The van der Waals surface area contributed by atoms with Gasteiger partial charge in [0.2, 0.25) is 0 Å². The van der Waals surface area contributed by atoms with Crippen LogP contribution in [0.4, 0.5) is 0 Å². The molecule has 0 aromatic carbocycles. The molecule has 0 saturated carbocycles. The Morgan fingerprint density at radius 1 is 1.73 bits per heavy atom. The number of carbonyl (C=O) groups excluding carboxylic acids is 1. The molecule has 0 spiro atoms. The van der Waals surface area contributed by atoms with Crippen molar-refractivity contribution in [2.24, 2.45) is 5.73 Å². The largest absolute Gasteiger partial charge is 0.320 e. The van der Waals surface area contributed by atoms with E-state index in [-0.39, 0.29) is 5.91 Å². The number of hydrogen-bond donors (Lipinski definition) is 1. The Bertz CT molecular complexity index is 316. The Kier molecular flexibility index (Phi) is 4.20. The summed E-state index contributed by atoms with van der Waals surface area (Å²) < 4.78 is 0. The molecule has 0 radical (unpaired) electrons. The molecule has 82 valence electrons. The SMILES string of the molecule is CON(C)C(=O)C(N)Cc1cccnc1. The number of hydrogen-bond acceptors (Lipinski definition) is 4. The van der Waals surface area contributed by atoms with Crippen LogP contribution in [0.3, 0.4) is 0 Å². The van der Waals surface area contributed by atoms with Gasteiger partial charge in [-0.3, -0.25) is 14.6 Å². The van der Waals surface area contributed by atoms with E-state index in [0.717, 1.165) is 10.6 Å². The van der Waals surface area contributed by atoms with Gasteiger partial charge in [-0.25, -0.2) is 5.06 Å². The maximum Gasteiger partial charge on any atom is 0.263 e. The Labute approximate surface area is 88.8 Å². The molecule has 0 fully saturated rings. The fourth-order valence-electron chi connectivity index (χ4n) is 1.18. The molecule has 0 aliphatic rings. The highest BCUT2D eigenvalue weighted by Crippen LogP contribution is 2.01. The minimum atomic E-state index is -0.598. The Balaban J connectivity index is 2.56. The van der Waals surface area contributed by atoms with Crippen molar-refractivity contribution in [1.82, 2.24) is 10.0 Å². The maximum atomic E-state index is 11.5. The average Bonchev–Trinajstić information content (AvgIpc) is 2.28. The number of hydroxylamine groups is 2. The third kappa shape index (κ3) is 3.30. The summed E-state index contributed by atoms with van der Waals surface area (Å²) in [5.41, 5.74) is 6.66. The zero-order chi connectivity index (χ0) is 11.3. The number of rotatable bonds is 4. The summed E-state index contributed by atoms with van der Waals surface area (Å²) >= 11 is 0. The normalized spacial score (nSPS) is 12.2. The molecule has 0 saturated heterocycles. The highest BCUT2D eigenvalue weighted by Gasteiger charge is 2.18. The van der Waals surface area contributed by atoms with Gasteiger partial charge in [0, 0.05) is 19.4 Å². The van der Waals surface area contributed by atoms with Crippen LogP contribution in [0.2, 0.25) is 0 Å². The summed E-state index contributed by atoms with van der Waals surface area (Å²) in [6.07, 6.45) is 3.83. The number of likely N-dealkylation sites (N-methyl/N-ethyl adjacent to an activating group) is 1. The molecule has 2 N–H and O–H groups in total. The quantitative estimate of drug-likeness (QED) is 0.707. The first-order valence-electron chi connectivity index (χ1n) is 4.61. The lowest BCUT2D eigenvalue weighted by molar-refractivity contribution is -0.170. The molecule has 1 amide bonds. The van der Waals surface area contributed by atoms with E-state index < -0.39 is 6.04 Å². The highest BCUT2D eigenvalue weighted by atomic mass is 16.7. The molecule has 1 atom stereocenters. The molecule has 0 aliphatic carbocycles. The Morgan fingerprint density at radius 2 is 2.47 bits per heavy atom. The van der Waals surface area contributed by atoms with Crippen LogP contribution < -0.4 is 5.73 Å². The van der Waals surface area contributed by atoms with Crippen LogP contribution in [-0.4, -0.2) is 36.2 Å².